The van der Waals surface area contributed by atoms with Crippen LogP contribution in [0, 0.1) is 0 Å². The first kappa shape index (κ1) is 8.53. The molecule has 0 saturated heterocycles. The Labute approximate surface area is 83.7 Å². The first-order valence-corrected chi connectivity index (χ1v) is 4.78. The van der Waals surface area contributed by atoms with Gasteiger partial charge in [0.2, 0.25) is 0 Å². The number of hydrogen-bond acceptors (Lipinski definition) is 3. The predicted octanol–water partition coefficient (Wildman–Crippen LogP) is 3.09. The summed E-state index contributed by atoms with van der Waals surface area (Å²) in [5.74, 6) is 0. The predicted molar refractivity (Wildman–Crippen MR) is 53.5 cm³/mol. The number of halogens is 1. The van der Waals surface area contributed by atoms with Gasteiger partial charge in [-0.25, -0.2) is 0 Å². The van der Waals surface area contributed by atoms with E-state index in [1.54, 1.807) is 6.07 Å². The fraction of sp³-hybridized carbons (Fsp3) is 0. The van der Waals surface area contributed by atoms with Crippen LogP contribution in [0.5, 0.6) is 5.06 Å². The SMILES string of the molecule is O=COc1cc2ccc(Cl)cc2s1. The van der Waals surface area contributed by atoms with Crippen molar-refractivity contribution in [3.8, 4) is 5.06 Å². The number of benzene rings is 1. The van der Waals surface area contributed by atoms with Crippen LogP contribution in [0.15, 0.2) is 24.3 Å². The van der Waals surface area contributed by atoms with Crippen LogP contribution in [-0.2, 0) is 4.79 Å². The van der Waals surface area contributed by atoms with Gasteiger partial charge in [-0.3, -0.25) is 4.79 Å². The Balaban J connectivity index is 2.55. The average Bonchev–Trinajstić information content (AvgIpc) is 2.46. The van der Waals surface area contributed by atoms with E-state index in [1.807, 2.05) is 18.2 Å². The summed E-state index contributed by atoms with van der Waals surface area (Å²) in [5, 5.41) is 2.31. The molecule has 2 rings (SSSR count). The summed E-state index contributed by atoms with van der Waals surface area (Å²) in [4.78, 5) is 10.1. The summed E-state index contributed by atoms with van der Waals surface area (Å²) in [7, 11) is 0. The van der Waals surface area contributed by atoms with Crippen LogP contribution in [0.4, 0.5) is 0 Å². The van der Waals surface area contributed by atoms with E-state index >= 15 is 0 Å². The van der Waals surface area contributed by atoms with Crippen molar-refractivity contribution in [3.63, 3.8) is 0 Å². The highest BCUT2D eigenvalue weighted by atomic mass is 35.5. The third kappa shape index (κ3) is 1.66. The maximum atomic E-state index is 10.1. The molecule has 0 spiro atoms. The van der Waals surface area contributed by atoms with Gasteiger partial charge in [0.1, 0.15) is 0 Å². The zero-order chi connectivity index (χ0) is 9.26. The Morgan fingerprint density at radius 3 is 3.00 bits per heavy atom. The fourth-order valence-corrected chi connectivity index (χ4v) is 2.24. The number of thiophene rings is 1. The maximum Gasteiger partial charge on any atom is 0.299 e. The molecular weight excluding hydrogens is 208 g/mol. The van der Waals surface area contributed by atoms with Crippen molar-refractivity contribution in [1.82, 2.24) is 0 Å². The summed E-state index contributed by atoms with van der Waals surface area (Å²) < 4.78 is 5.74. The minimum absolute atomic E-state index is 0.423. The molecule has 13 heavy (non-hydrogen) atoms. The van der Waals surface area contributed by atoms with E-state index in [-0.39, 0.29) is 0 Å². The number of ether oxygens (including phenoxy) is 1. The molecule has 0 fully saturated rings. The maximum absolute atomic E-state index is 10.1. The molecule has 0 aliphatic heterocycles. The lowest BCUT2D eigenvalue weighted by Gasteiger charge is -1.87. The van der Waals surface area contributed by atoms with Crippen molar-refractivity contribution in [2.24, 2.45) is 0 Å². The smallest absolute Gasteiger partial charge is 0.299 e. The third-order valence-electron chi connectivity index (χ3n) is 1.62. The number of carbonyl (C=O) groups is 1. The highest BCUT2D eigenvalue weighted by Gasteiger charge is 2.02. The van der Waals surface area contributed by atoms with Gasteiger partial charge in [-0.1, -0.05) is 29.0 Å². The Kier molecular flexibility index (Phi) is 2.20. The molecule has 0 amide bonds. The van der Waals surface area contributed by atoms with E-state index in [9.17, 15) is 4.79 Å². The van der Waals surface area contributed by atoms with Crippen molar-refractivity contribution in [3.05, 3.63) is 29.3 Å². The van der Waals surface area contributed by atoms with Gasteiger partial charge < -0.3 is 4.74 Å². The molecule has 0 aliphatic carbocycles. The molecule has 0 atom stereocenters. The molecule has 0 radical (unpaired) electrons. The van der Waals surface area contributed by atoms with Crippen molar-refractivity contribution in [2.75, 3.05) is 0 Å². The normalized spacial score (nSPS) is 10.2. The Morgan fingerprint density at radius 2 is 2.23 bits per heavy atom. The molecule has 66 valence electrons. The largest absolute Gasteiger partial charge is 0.418 e. The van der Waals surface area contributed by atoms with Crippen LogP contribution in [0.1, 0.15) is 0 Å². The molecule has 4 heteroatoms. The molecule has 1 heterocycles. The second-order valence-electron chi connectivity index (χ2n) is 2.46. The lowest BCUT2D eigenvalue weighted by molar-refractivity contribution is -0.120. The van der Waals surface area contributed by atoms with Gasteiger partial charge >= 0.3 is 0 Å². The van der Waals surface area contributed by atoms with Gasteiger partial charge in [-0.05, 0) is 17.5 Å². The van der Waals surface area contributed by atoms with E-state index in [0.717, 1.165) is 10.1 Å². The van der Waals surface area contributed by atoms with Crippen LogP contribution in [-0.4, -0.2) is 6.47 Å². The molecule has 0 bridgehead atoms. The monoisotopic (exact) mass is 212 g/mol. The van der Waals surface area contributed by atoms with E-state index in [4.69, 9.17) is 16.3 Å². The topological polar surface area (TPSA) is 26.3 Å². The molecule has 2 aromatic rings. The molecule has 2 nitrogen and oxygen atoms in total. The number of fused-ring (bicyclic) bond motifs is 1. The van der Waals surface area contributed by atoms with Crippen molar-refractivity contribution in [1.29, 1.82) is 0 Å². The molecule has 1 aromatic carbocycles. The third-order valence-corrected chi connectivity index (χ3v) is 2.85. The van der Waals surface area contributed by atoms with E-state index < -0.39 is 0 Å². The number of hydrogen-bond donors (Lipinski definition) is 0. The Hall–Kier alpha value is -1.06. The van der Waals surface area contributed by atoms with Crippen LogP contribution >= 0.6 is 22.9 Å². The van der Waals surface area contributed by atoms with Crippen molar-refractivity contribution >= 4 is 39.5 Å². The molecule has 1 aromatic heterocycles. The van der Waals surface area contributed by atoms with Gasteiger partial charge in [0.25, 0.3) is 6.47 Å². The fourth-order valence-electron chi connectivity index (χ4n) is 1.09. The van der Waals surface area contributed by atoms with Crippen LogP contribution in [0.3, 0.4) is 0 Å². The molecule has 0 saturated carbocycles. The van der Waals surface area contributed by atoms with Gasteiger partial charge in [0.15, 0.2) is 5.06 Å². The standard InChI is InChI=1S/C9H5ClO2S/c10-7-2-1-6-3-9(12-5-11)13-8(6)4-7/h1-5H. The lowest BCUT2D eigenvalue weighted by atomic mass is 10.3. The van der Waals surface area contributed by atoms with Crippen LogP contribution < -0.4 is 4.74 Å². The highest BCUT2D eigenvalue weighted by Crippen LogP contribution is 2.32. The quantitative estimate of drug-likeness (QED) is 0.716. The Bertz CT molecular complexity index is 450. The van der Waals surface area contributed by atoms with Gasteiger partial charge in [0, 0.05) is 15.8 Å². The van der Waals surface area contributed by atoms with Crippen molar-refractivity contribution < 1.29 is 9.53 Å². The minimum Gasteiger partial charge on any atom is -0.418 e. The van der Waals surface area contributed by atoms with E-state index in [0.29, 0.717) is 16.6 Å². The molecule has 0 unspecified atom stereocenters. The number of carbonyl (C=O) groups excluding carboxylic acids is 1. The minimum atomic E-state index is 0.423. The van der Waals surface area contributed by atoms with Crippen LogP contribution in [0.25, 0.3) is 10.1 Å². The second-order valence-corrected chi connectivity index (χ2v) is 3.94. The number of rotatable bonds is 2. The van der Waals surface area contributed by atoms with E-state index in [1.165, 1.54) is 11.3 Å². The first-order chi connectivity index (χ1) is 6.29. The highest BCUT2D eigenvalue weighted by molar-refractivity contribution is 7.20. The first-order valence-electron chi connectivity index (χ1n) is 3.59. The van der Waals surface area contributed by atoms with Crippen LogP contribution in [0.2, 0.25) is 5.02 Å². The summed E-state index contributed by atoms with van der Waals surface area (Å²) in [6, 6.07) is 7.36. The zero-order valence-corrected chi connectivity index (χ0v) is 8.06. The molecule has 0 aliphatic rings. The summed E-state index contributed by atoms with van der Waals surface area (Å²) in [6.07, 6.45) is 0. The molecule has 0 N–H and O–H groups in total. The van der Waals surface area contributed by atoms with Gasteiger partial charge in [-0.2, -0.15) is 0 Å². The summed E-state index contributed by atoms with van der Waals surface area (Å²) in [5.41, 5.74) is 0. The summed E-state index contributed by atoms with van der Waals surface area (Å²) >= 11 is 7.20. The Morgan fingerprint density at radius 1 is 1.38 bits per heavy atom. The molecular formula is C9H5ClO2S. The average molecular weight is 213 g/mol. The van der Waals surface area contributed by atoms with Gasteiger partial charge in [0.05, 0.1) is 0 Å². The van der Waals surface area contributed by atoms with Crippen molar-refractivity contribution in [2.45, 2.75) is 0 Å². The van der Waals surface area contributed by atoms with Gasteiger partial charge in [-0.15, -0.1) is 0 Å². The summed E-state index contributed by atoms with van der Waals surface area (Å²) in [6.45, 7) is 0.423. The van der Waals surface area contributed by atoms with E-state index in [2.05, 4.69) is 0 Å². The second kappa shape index (κ2) is 3.36. The lowest BCUT2D eigenvalue weighted by Crippen LogP contribution is -1.82. The zero-order valence-electron chi connectivity index (χ0n) is 6.49.